The SMILES string of the molecule is O=C(Cc1ccc(F)cc1F)N1CC(Oc2ccc3ccccc3n2)C1. The van der Waals surface area contributed by atoms with Crippen molar-refractivity contribution in [3.8, 4) is 5.88 Å². The quantitative estimate of drug-likeness (QED) is 0.722. The van der Waals surface area contributed by atoms with Gasteiger partial charge < -0.3 is 9.64 Å². The predicted octanol–water partition coefficient (Wildman–Crippen LogP) is 3.35. The summed E-state index contributed by atoms with van der Waals surface area (Å²) in [6.07, 6.45) is -0.224. The molecule has 2 aromatic carbocycles. The van der Waals surface area contributed by atoms with Crippen LogP contribution in [0.3, 0.4) is 0 Å². The van der Waals surface area contributed by atoms with Crippen molar-refractivity contribution in [3.05, 3.63) is 71.8 Å². The molecule has 1 saturated heterocycles. The Morgan fingerprint density at radius 3 is 2.73 bits per heavy atom. The average molecular weight is 354 g/mol. The lowest BCUT2D eigenvalue weighted by molar-refractivity contribution is -0.139. The van der Waals surface area contributed by atoms with Crippen molar-refractivity contribution < 1.29 is 18.3 Å². The summed E-state index contributed by atoms with van der Waals surface area (Å²) < 4.78 is 32.4. The number of para-hydroxylation sites is 1. The van der Waals surface area contributed by atoms with Crippen LogP contribution < -0.4 is 4.74 Å². The van der Waals surface area contributed by atoms with E-state index in [9.17, 15) is 13.6 Å². The van der Waals surface area contributed by atoms with Crippen LogP contribution in [0.5, 0.6) is 5.88 Å². The van der Waals surface area contributed by atoms with E-state index in [2.05, 4.69) is 4.98 Å². The molecule has 0 aliphatic carbocycles. The molecule has 4 nitrogen and oxygen atoms in total. The second-order valence-electron chi connectivity index (χ2n) is 6.29. The van der Waals surface area contributed by atoms with Gasteiger partial charge in [-0.25, -0.2) is 13.8 Å². The lowest BCUT2D eigenvalue weighted by atomic mass is 10.1. The van der Waals surface area contributed by atoms with Gasteiger partial charge in [0.15, 0.2) is 0 Å². The van der Waals surface area contributed by atoms with Crippen molar-refractivity contribution in [3.63, 3.8) is 0 Å². The van der Waals surface area contributed by atoms with Crippen LogP contribution in [-0.2, 0) is 11.2 Å². The predicted molar refractivity (Wildman–Crippen MR) is 92.8 cm³/mol. The minimum absolute atomic E-state index is 0.0902. The van der Waals surface area contributed by atoms with Crippen LogP contribution in [0.2, 0.25) is 0 Å². The second kappa shape index (κ2) is 6.71. The first-order valence-electron chi connectivity index (χ1n) is 8.32. The maximum absolute atomic E-state index is 13.6. The van der Waals surface area contributed by atoms with Gasteiger partial charge >= 0.3 is 0 Å². The molecule has 3 aromatic rings. The summed E-state index contributed by atoms with van der Waals surface area (Å²) in [6, 6.07) is 14.7. The van der Waals surface area contributed by atoms with Crippen LogP contribution in [0.4, 0.5) is 8.78 Å². The Morgan fingerprint density at radius 1 is 1.12 bits per heavy atom. The molecule has 0 bridgehead atoms. The van der Waals surface area contributed by atoms with E-state index < -0.39 is 11.6 Å². The van der Waals surface area contributed by atoms with Crippen LogP contribution in [0.25, 0.3) is 10.9 Å². The number of hydrogen-bond acceptors (Lipinski definition) is 3. The average Bonchev–Trinajstić information content (AvgIpc) is 2.60. The lowest BCUT2D eigenvalue weighted by Crippen LogP contribution is -2.56. The molecule has 0 atom stereocenters. The molecule has 1 amide bonds. The minimum Gasteiger partial charge on any atom is -0.471 e. The van der Waals surface area contributed by atoms with E-state index in [-0.39, 0.29) is 24.0 Å². The monoisotopic (exact) mass is 354 g/mol. The van der Waals surface area contributed by atoms with Gasteiger partial charge in [-0.1, -0.05) is 24.3 Å². The van der Waals surface area contributed by atoms with Gasteiger partial charge in [0.05, 0.1) is 25.0 Å². The lowest BCUT2D eigenvalue weighted by Gasteiger charge is -2.38. The number of aromatic nitrogens is 1. The molecular formula is C20H16F2N2O2. The van der Waals surface area contributed by atoms with Gasteiger partial charge in [-0.15, -0.1) is 0 Å². The number of ether oxygens (including phenoxy) is 1. The summed E-state index contributed by atoms with van der Waals surface area (Å²) >= 11 is 0. The Labute approximate surface area is 149 Å². The number of carbonyl (C=O) groups excluding carboxylic acids is 1. The molecule has 0 spiro atoms. The van der Waals surface area contributed by atoms with Gasteiger partial charge in [0, 0.05) is 17.5 Å². The van der Waals surface area contributed by atoms with Gasteiger partial charge in [0.2, 0.25) is 11.8 Å². The largest absolute Gasteiger partial charge is 0.471 e. The number of carbonyl (C=O) groups is 1. The summed E-state index contributed by atoms with van der Waals surface area (Å²) in [7, 11) is 0. The summed E-state index contributed by atoms with van der Waals surface area (Å²) in [6.45, 7) is 0.853. The third-order valence-electron chi connectivity index (χ3n) is 4.42. The number of fused-ring (bicyclic) bond motifs is 1. The summed E-state index contributed by atoms with van der Waals surface area (Å²) in [5.74, 6) is -1.04. The molecule has 6 heteroatoms. The Hall–Kier alpha value is -3.02. The zero-order valence-corrected chi connectivity index (χ0v) is 13.9. The van der Waals surface area contributed by atoms with Gasteiger partial charge in [0.25, 0.3) is 0 Å². The first-order valence-corrected chi connectivity index (χ1v) is 8.32. The molecule has 2 heterocycles. The Balaban J connectivity index is 1.33. The fourth-order valence-corrected chi connectivity index (χ4v) is 2.94. The summed E-state index contributed by atoms with van der Waals surface area (Å²) in [5.41, 5.74) is 1.04. The number of rotatable bonds is 4. The van der Waals surface area contributed by atoms with Crippen molar-refractivity contribution in [2.45, 2.75) is 12.5 Å². The fraction of sp³-hybridized carbons (Fsp3) is 0.200. The Bertz CT molecular complexity index is 971. The first-order chi connectivity index (χ1) is 12.6. The van der Waals surface area contributed by atoms with Crippen LogP contribution in [0.15, 0.2) is 54.6 Å². The van der Waals surface area contributed by atoms with Crippen molar-refractivity contribution in [1.82, 2.24) is 9.88 Å². The van der Waals surface area contributed by atoms with E-state index in [4.69, 9.17) is 4.74 Å². The van der Waals surface area contributed by atoms with E-state index in [1.165, 1.54) is 6.07 Å². The molecule has 1 aromatic heterocycles. The molecule has 4 rings (SSSR count). The van der Waals surface area contributed by atoms with E-state index in [1.54, 1.807) is 11.0 Å². The number of benzene rings is 2. The van der Waals surface area contributed by atoms with Crippen molar-refractivity contribution in [2.75, 3.05) is 13.1 Å². The Kier molecular flexibility index (Phi) is 4.24. The molecule has 0 saturated carbocycles. The standard InChI is InChI=1S/C20H16F2N2O2/c21-15-7-5-14(17(22)10-15)9-20(25)24-11-16(12-24)26-19-8-6-13-3-1-2-4-18(13)23-19/h1-8,10,16H,9,11-12H2. The number of amides is 1. The molecule has 0 N–H and O–H groups in total. The third-order valence-corrected chi connectivity index (χ3v) is 4.42. The van der Waals surface area contributed by atoms with Crippen molar-refractivity contribution in [2.24, 2.45) is 0 Å². The second-order valence-corrected chi connectivity index (χ2v) is 6.29. The number of halogens is 2. The molecule has 132 valence electrons. The van der Waals surface area contributed by atoms with Gasteiger partial charge in [0.1, 0.15) is 17.7 Å². The van der Waals surface area contributed by atoms with E-state index in [0.29, 0.717) is 19.0 Å². The molecular weight excluding hydrogens is 338 g/mol. The number of pyridine rings is 1. The number of nitrogens with zero attached hydrogens (tertiary/aromatic N) is 2. The summed E-state index contributed by atoms with van der Waals surface area (Å²) in [4.78, 5) is 18.2. The normalized spacial score (nSPS) is 14.3. The molecule has 0 radical (unpaired) electrons. The molecule has 1 aliphatic rings. The van der Waals surface area contributed by atoms with Gasteiger partial charge in [-0.05, 0) is 23.8 Å². The van der Waals surface area contributed by atoms with Crippen molar-refractivity contribution in [1.29, 1.82) is 0 Å². The van der Waals surface area contributed by atoms with Crippen LogP contribution >= 0.6 is 0 Å². The highest BCUT2D eigenvalue weighted by molar-refractivity contribution is 5.80. The minimum atomic E-state index is -0.702. The molecule has 1 aliphatic heterocycles. The molecule has 1 fully saturated rings. The topological polar surface area (TPSA) is 42.4 Å². The molecule has 26 heavy (non-hydrogen) atoms. The summed E-state index contributed by atoms with van der Waals surface area (Å²) in [5, 5.41) is 1.03. The van der Waals surface area contributed by atoms with E-state index >= 15 is 0 Å². The van der Waals surface area contributed by atoms with Crippen LogP contribution in [-0.4, -0.2) is 35.0 Å². The van der Waals surface area contributed by atoms with Crippen LogP contribution in [0.1, 0.15) is 5.56 Å². The fourth-order valence-electron chi connectivity index (χ4n) is 2.94. The smallest absolute Gasteiger partial charge is 0.227 e. The highest BCUT2D eigenvalue weighted by Crippen LogP contribution is 2.21. The highest BCUT2D eigenvalue weighted by Gasteiger charge is 2.32. The zero-order chi connectivity index (χ0) is 18.1. The number of likely N-dealkylation sites (tertiary alicyclic amines) is 1. The van der Waals surface area contributed by atoms with E-state index in [1.807, 2.05) is 30.3 Å². The first kappa shape index (κ1) is 16.4. The maximum atomic E-state index is 13.6. The van der Waals surface area contributed by atoms with Crippen LogP contribution in [0, 0.1) is 11.6 Å². The van der Waals surface area contributed by atoms with Crippen molar-refractivity contribution >= 4 is 16.8 Å². The molecule has 0 unspecified atom stereocenters. The Morgan fingerprint density at radius 2 is 1.92 bits per heavy atom. The zero-order valence-electron chi connectivity index (χ0n) is 13.9. The van der Waals surface area contributed by atoms with Gasteiger partial charge in [-0.3, -0.25) is 4.79 Å². The number of hydrogen-bond donors (Lipinski definition) is 0. The van der Waals surface area contributed by atoms with E-state index in [0.717, 1.165) is 23.0 Å². The maximum Gasteiger partial charge on any atom is 0.227 e. The third kappa shape index (κ3) is 3.35. The van der Waals surface area contributed by atoms with Gasteiger partial charge in [-0.2, -0.15) is 0 Å². The highest BCUT2D eigenvalue weighted by atomic mass is 19.1.